The van der Waals surface area contributed by atoms with E-state index in [2.05, 4.69) is 22.3 Å². The van der Waals surface area contributed by atoms with E-state index in [-0.39, 0.29) is 5.91 Å². The summed E-state index contributed by atoms with van der Waals surface area (Å²) in [5.74, 6) is -0.361. The number of benzene rings is 2. The molecule has 1 amide bonds. The van der Waals surface area contributed by atoms with E-state index in [1.54, 1.807) is 31.2 Å². The molecule has 1 N–H and O–H groups in total. The van der Waals surface area contributed by atoms with Crippen LogP contribution in [0.1, 0.15) is 30.9 Å². The van der Waals surface area contributed by atoms with Crippen molar-refractivity contribution in [2.24, 2.45) is 0 Å². The number of hydrogen-bond donors (Lipinski definition) is 1. The Morgan fingerprint density at radius 2 is 1.77 bits per heavy atom. The van der Waals surface area contributed by atoms with Crippen molar-refractivity contribution in [2.75, 3.05) is 23.7 Å². The van der Waals surface area contributed by atoms with Crippen LogP contribution >= 0.6 is 11.6 Å². The van der Waals surface area contributed by atoms with E-state index in [1.807, 2.05) is 12.1 Å². The van der Waals surface area contributed by atoms with Gasteiger partial charge in [0, 0.05) is 18.1 Å². The van der Waals surface area contributed by atoms with Gasteiger partial charge in [-0.15, -0.1) is 0 Å². The van der Waals surface area contributed by atoms with Crippen molar-refractivity contribution in [3.8, 4) is 0 Å². The van der Waals surface area contributed by atoms with Gasteiger partial charge in [0.2, 0.25) is 15.9 Å². The maximum absolute atomic E-state index is 12.8. The highest BCUT2D eigenvalue weighted by molar-refractivity contribution is 7.92. The summed E-state index contributed by atoms with van der Waals surface area (Å²) in [5, 5.41) is 3.37. The molecule has 0 aromatic heterocycles. The molecule has 30 heavy (non-hydrogen) atoms. The first-order valence-corrected chi connectivity index (χ1v) is 12.3. The van der Waals surface area contributed by atoms with Crippen LogP contribution in [0.2, 0.25) is 5.02 Å². The Balaban J connectivity index is 1.66. The summed E-state index contributed by atoms with van der Waals surface area (Å²) in [4.78, 5) is 15.2. The Kier molecular flexibility index (Phi) is 7.39. The fourth-order valence-corrected chi connectivity index (χ4v) is 5.07. The van der Waals surface area contributed by atoms with E-state index >= 15 is 0 Å². The molecule has 1 fully saturated rings. The quantitative estimate of drug-likeness (QED) is 0.670. The minimum Gasteiger partial charge on any atom is -0.350 e. The molecule has 3 rings (SSSR count). The molecule has 0 bridgehead atoms. The molecule has 6 nitrogen and oxygen atoms in total. The third-order valence-corrected chi connectivity index (χ3v) is 6.73. The number of hydrogen-bond acceptors (Lipinski definition) is 4. The SMILES string of the molecule is C[C@@H](C(=O)NCc1cccc(CN2CCCC2)c1)N(c1ccc(Cl)cc1)S(C)(=O)=O. The topological polar surface area (TPSA) is 69.7 Å². The zero-order valence-corrected chi connectivity index (χ0v) is 18.9. The number of amides is 1. The molecule has 1 saturated heterocycles. The Morgan fingerprint density at radius 1 is 1.13 bits per heavy atom. The highest BCUT2D eigenvalue weighted by atomic mass is 35.5. The summed E-state index contributed by atoms with van der Waals surface area (Å²) < 4.78 is 25.8. The molecule has 2 aromatic carbocycles. The monoisotopic (exact) mass is 449 g/mol. The van der Waals surface area contributed by atoms with Crippen molar-refractivity contribution in [2.45, 2.75) is 38.9 Å². The van der Waals surface area contributed by atoms with E-state index in [4.69, 9.17) is 11.6 Å². The predicted molar refractivity (Wildman–Crippen MR) is 121 cm³/mol. The molecular formula is C22H28ClN3O3S. The Labute approximate surface area is 183 Å². The van der Waals surface area contributed by atoms with E-state index < -0.39 is 16.1 Å². The van der Waals surface area contributed by atoms with Crippen LogP contribution in [0, 0.1) is 0 Å². The normalized spacial score (nSPS) is 15.7. The minimum absolute atomic E-state index is 0.342. The van der Waals surface area contributed by atoms with E-state index in [0.717, 1.165) is 35.8 Å². The number of likely N-dealkylation sites (tertiary alicyclic amines) is 1. The summed E-state index contributed by atoms with van der Waals surface area (Å²) in [5.41, 5.74) is 2.61. The summed E-state index contributed by atoms with van der Waals surface area (Å²) >= 11 is 5.91. The van der Waals surface area contributed by atoms with Crippen molar-refractivity contribution in [3.63, 3.8) is 0 Å². The van der Waals surface area contributed by atoms with Gasteiger partial charge in [0.25, 0.3) is 0 Å². The van der Waals surface area contributed by atoms with Crippen LogP contribution < -0.4 is 9.62 Å². The van der Waals surface area contributed by atoms with Crippen LogP contribution in [0.5, 0.6) is 0 Å². The Bertz CT molecular complexity index is 973. The van der Waals surface area contributed by atoms with Crippen molar-refractivity contribution in [3.05, 3.63) is 64.7 Å². The first kappa shape index (κ1) is 22.6. The maximum atomic E-state index is 12.8. The molecule has 1 aliphatic heterocycles. The van der Waals surface area contributed by atoms with E-state index in [9.17, 15) is 13.2 Å². The van der Waals surface area contributed by atoms with E-state index in [1.165, 1.54) is 18.4 Å². The molecule has 0 spiro atoms. The average molecular weight is 450 g/mol. The van der Waals surface area contributed by atoms with Gasteiger partial charge in [0.1, 0.15) is 6.04 Å². The second-order valence-corrected chi connectivity index (χ2v) is 10.0. The zero-order valence-electron chi connectivity index (χ0n) is 17.3. The second kappa shape index (κ2) is 9.81. The molecule has 162 valence electrons. The third kappa shape index (κ3) is 5.97. The number of rotatable bonds is 8. The summed E-state index contributed by atoms with van der Waals surface area (Å²) in [6.07, 6.45) is 3.59. The van der Waals surface area contributed by atoms with Gasteiger partial charge in [-0.25, -0.2) is 8.42 Å². The lowest BCUT2D eigenvalue weighted by molar-refractivity contribution is -0.122. The molecule has 1 aliphatic rings. The van der Waals surface area contributed by atoms with Crippen LogP contribution in [-0.4, -0.2) is 44.6 Å². The van der Waals surface area contributed by atoms with Gasteiger partial charge in [-0.2, -0.15) is 0 Å². The molecular weight excluding hydrogens is 422 g/mol. The lowest BCUT2D eigenvalue weighted by atomic mass is 10.1. The van der Waals surface area contributed by atoms with Crippen molar-refractivity contribution in [1.29, 1.82) is 0 Å². The number of halogens is 1. The Hall–Kier alpha value is -2.09. The largest absolute Gasteiger partial charge is 0.350 e. The zero-order chi connectivity index (χ0) is 21.7. The van der Waals surface area contributed by atoms with Crippen molar-refractivity contribution in [1.82, 2.24) is 10.2 Å². The van der Waals surface area contributed by atoms with Crippen molar-refractivity contribution < 1.29 is 13.2 Å². The molecule has 1 heterocycles. The number of sulfonamides is 1. The number of carbonyl (C=O) groups excluding carboxylic acids is 1. The van der Waals surface area contributed by atoms with Gasteiger partial charge in [0.05, 0.1) is 11.9 Å². The fraction of sp³-hybridized carbons (Fsp3) is 0.409. The molecule has 2 aromatic rings. The number of carbonyl (C=O) groups is 1. The summed E-state index contributed by atoms with van der Waals surface area (Å²) in [7, 11) is -3.65. The molecule has 0 radical (unpaired) electrons. The van der Waals surface area contributed by atoms with Gasteiger partial charge >= 0.3 is 0 Å². The first-order chi connectivity index (χ1) is 14.2. The highest BCUT2D eigenvalue weighted by Crippen LogP contribution is 2.23. The van der Waals surface area contributed by atoms with Gasteiger partial charge in [-0.05, 0) is 68.2 Å². The smallest absolute Gasteiger partial charge is 0.243 e. The maximum Gasteiger partial charge on any atom is 0.243 e. The summed E-state index contributed by atoms with van der Waals surface area (Å²) in [6.45, 7) is 5.09. The van der Waals surface area contributed by atoms with Gasteiger partial charge in [0.15, 0.2) is 0 Å². The van der Waals surface area contributed by atoms with Gasteiger partial charge in [-0.1, -0.05) is 35.9 Å². The predicted octanol–water partition coefficient (Wildman–Crippen LogP) is 3.41. The standard InChI is InChI=1S/C22H28ClN3O3S/c1-17(26(30(2,28)29)21-10-8-20(23)9-11-21)22(27)24-15-18-6-5-7-19(14-18)16-25-12-3-4-13-25/h5-11,14,17H,3-4,12-13,15-16H2,1-2H3,(H,24,27)/t17-/m0/s1. The molecule has 1 atom stereocenters. The summed E-state index contributed by atoms with van der Waals surface area (Å²) in [6, 6.07) is 13.6. The average Bonchev–Trinajstić information content (AvgIpc) is 3.20. The number of anilines is 1. The van der Waals surface area contributed by atoms with Gasteiger partial charge < -0.3 is 5.32 Å². The second-order valence-electron chi connectivity index (χ2n) is 7.73. The highest BCUT2D eigenvalue weighted by Gasteiger charge is 2.29. The molecule has 0 aliphatic carbocycles. The van der Waals surface area contributed by atoms with Gasteiger partial charge in [-0.3, -0.25) is 14.0 Å². The van der Waals surface area contributed by atoms with Crippen LogP contribution in [0.4, 0.5) is 5.69 Å². The lowest BCUT2D eigenvalue weighted by Crippen LogP contribution is -2.47. The molecule has 0 unspecified atom stereocenters. The van der Waals surface area contributed by atoms with Crippen LogP contribution in [0.25, 0.3) is 0 Å². The van der Waals surface area contributed by atoms with Crippen LogP contribution in [0.3, 0.4) is 0 Å². The van der Waals surface area contributed by atoms with Crippen molar-refractivity contribution >= 4 is 33.2 Å². The first-order valence-electron chi connectivity index (χ1n) is 10.1. The van der Waals surface area contributed by atoms with Crippen LogP contribution in [0.15, 0.2) is 48.5 Å². The minimum atomic E-state index is -3.65. The number of nitrogens with one attached hydrogen (secondary N) is 1. The number of nitrogens with zero attached hydrogens (tertiary/aromatic N) is 2. The third-order valence-electron chi connectivity index (χ3n) is 5.23. The van der Waals surface area contributed by atoms with E-state index in [0.29, 0.717) is 17.3 Å². The molecule has 8 heteroatoms. The lowest BCUT2D eigenvalue weighted by Gasteiger charge is -2.28. The fourth-order valence-electron chi connectivity index (χ4n) is 3.77. The van der Waals surface area contributed by atoms with Crippen LogP contribution in [-0.2, 0) is 27.9 Å². The Morgan fingerprint density at radius 3 is 2.40 bits per heavy atom. The molecule has 0 saturated carbocycles.